The zero-order valence-electron chi connectivity index (χ0n) is 19.8. The molecule has 0 unspecified atom stereocenters. The molecular weight excluding hydrogens is 408 g/mol. The van der Waals surface area contributed by atoms with Crippen molar-refractivity contribution in [3.63, 3.8) is 0 Å². The molecule has 0 spiro atoms. The molecule has 2 aliphatic rings. The van der Waals surface area contributed by atoms with Gasteiger partial charge >= 0.3 is 0 Å². The number of allylic oxidation sites excluding steroid dienone is 1. The average Bonchev–Trinajstić information content (AvgIpc) is 2.80. The van der Waals surface area contributed by atoms with E-state index in [-0.39, 0.29) is 18.0 Å². The van der Waals surface area contributed by atoms with E-state index in [1.54, 1.807) is 7.11 Å². The number of nitrogens with zero attached hydrogens (tertiary/aromatic N) is 1. The summed E-state index contributed by atoms with van der Waals surface area (Å²) in [6.45, 7) is 6.39. The normalized spacial score (nSPS) is 19.7. The van der Waals surface area contributed by atoms with Crippen LogP contribution in [0.2, 0.25) is 0 Å². The quantitative estimate of drug-likeness (QED) is 0.503. The van der Waals surface area contributed by atoms with E-state index in [0.717, 1.165) is 53.9 Å². The van der Waals surface area contributed by atoms with E-state index < -0.39 is 0 Å². The summed E-state index contributed by atoms with van der Waals surface area (Å²) in [5.74, 6) is 3.57. The molecule has 1 aliphatic carbocycles. The van der Waals surface area contributed by atoms with Crippen LogP contribution in [0.3, 0.4) is 0 Å². The van der Waals surface area contributed by atoms with Crippen molar-refractivity contribution in [3.05, 3.63) is 71.4 Å². The highest BCUT2D eigenvalue weighted by molar-refractivity contribution is 5.94. The zero-order chi connectivity index (χ0) is 23.4. The predicted molar refractivity (Wildman–Crippen MR) is 134 cm³/mol. The van der Waals surface area contributed by atoms with Crippen molar-refractivity contribution in [2.45, 2.75) is 64.0 Å². The maximum absolute atomic E-state index is 13.0. The molecule has 0 saturated heterocycles. The minimum Gasteiger partial charge on any atom is -0.497 e. The minimum absolute atomic E-state index is 0.0642. The molecule has 4 rings (SSSR count). The molecule has 1 aliphatic heterocycles. The first-order valence-electron chi connectivity index (χ1n) is 12.1. The Labute approximate surface area is 198 Å². The van der Waals surface area contributed by atoms with Gasteiger partial charge < -0.3 is 15.0 Å². The minimum atomic E-state index is -0.247. The summed E-state index contributed by atoms with van der Waals surface area (Å²) in [5, 5.41) is 3.47. The zero-order valence-corrected chi connectivity index (χ0v) is 19.8. The SMILES string of the molecule is C#CC(=O)N1[C@@H](CCCC)Cc2cc(OC)ccc2[C@@H]1c1ccc(NC(=C)C2CCC2)cc1. The molecule has 0 radical (unpaired) electrons. The van der Waals surface area contributed by atoms with Crippen molar-refractivity contribution in [2.24, 2.45) is 5.92 Å². The van der Waals surface area contributed by atoms with E-state index in [0.29, 0.717) is 5.92 Å². The van der Waals surface area contributed by atoms with Crippen LogP contribution in [-0.2, 0) is 11.2 Å². The van der Waals surface area contributed by atoms with Crippen LogP contribution >= 0.6 is 0 Å². The number of methoxy groups -OCH3 is 1. The number of carbonyl (C=O) groups excluding carboxylic acids is 1. The Balaban J connectivity index is 1.70. The van der Waals surface area contributed by atoms with Crippen molar-refractivity contribution in [2.75, 3.05) is 12.4 Å². The topological polar surface area (TPSA) is 41.6 Å². The fourth-order valence-corrected chi connectivity index (χ4v) is 5.04. The van der Waals surface area contributed by atoms with Crippen molar-refractivity contribution in [1.29, 1.82) is 0 Å². The van der Waals surface area contributed by atoms with E-state index in [4.69, 9.17) is 11.2 Å². The van der Waals surface area contributed by atoms with Gasteiger partial charge in [0, 0.05) is 17.4 Å². The van der Waals surface area contributed by atoms with E-state index in [9.17, 15) is 4.79 Å². The summed E-state index contributed by atoms with van der Waals surface area (Å²) in [6.07, 6.45) is 13.2. The van der Waals surface area contributed by atoms with E-state index in [2.05, 4.69) is 61.1 Å². The molecule has 1 amide bonds. The monoisotopic (exact) mass is 442 g/mol. The molecule has 2 aromatic rings. The summed E-state index contributed by atoms with van der Waals surface area (Å²) in [4.78, 5) is 15.0. The van der Waals surface area contributed by atoms with Gasteiger partial charge in [0.25, 0.3) is 5.91 Å². The first-order valence-corrected chi connectivity index (χ1v) is 12.1. The highest BCUT2D eigenvalue weighted by Crippen LogP contribution is 2.41. The smallest absolute Gasteiger partial charge is 0.299 e. The number of fused-ring (bicyclic) bond motifs is 1. The summed E-state index contributed by atoms with van der Waals surface area (Å²) in [5.41, 5.74) is 5.52. The van der Waals surface area contributed by atoms with Crippen LogP contribution in [0.1, 0.15) is 68.2 Å². The average molecular weight is 443 g/mol. The van der Waals surface area contributed by atoms with Gasteiger partial charge in [-0.2, -0.15) is 0 Å². The highest BCUT2D eigenvalue weighted by Gasteiger charge is 2.37. The number of amides is 1. The standard InChI is InChI=1S/C29H34N2O2/c1-5-7-11-25-18-23-19-26(33-4)16-17-27(23)29(31(25)28(32)6-2)22-12-14-24(15-13-22)30-20(3)21-9-8-10-21/h2,12-17,19,21,25,29-30H,3,5,7-11,18H2,1,4H3/t25-,29-/m0/s1. The Kier molecular flexibility index (Phi) is 7.08. The van der Waals surface area contributed by atoms with Gasteiger partial charge in [-0.1, -0.05) is 51.0 Å². The van der Waals surface area contributed by atoms with Gasteiger partial charge in [0.1, 0.15) is 5.75 Å². The molecule has 33 heavy (non-hydrogen) atoms. The Bertz CT molecular complexity index is 1050. The molecule has 172 valence electrons. The van der Waals surface area contributed by atoms with Crippen molar-refractivity contribution in [3.8, 4) is 18.1 Å². The lowest BCUT2D eigenvalue weighted by atomic mass is 9.82. The fourth-order valence-electron chi connectivity index (χ4n) is 5.04. The number of terminal acetylenes is 1. The molecule has 1 fully saturated rings. The Morgan fingerprint density at radius 1 is 1.24 bits per heavy atom. The van der Waals surface area contributed by atoms with Crippen LogP contribution < -0.4 is 10.1 Å². The Morgan fingerprint density at radius 3 is 2.61 bits per heavy atom. The largest absolute Gasteiger partial charge is 0.497 e. The number of benzene rings is 2. The molecule has 0 bridgehead atoms. The Hall–Kier alpha value is -3.19. The van der Waals surface area contributed by atoms with Crippen molar-refractivity contribution < 1.29 is 9.53 Å². The lowest BCUT2D eigenvalue weighted by molar-refractivity contribution is -0.130. The van der Waals surface area contributed by atoms with Gasteiger partial charge in [0.15, 0.2) is 0 Å². The molecule has 2 atom stereocenters. The Morgan fingerprint density at radius 2 is 2.00 bits per heavy atom. The van der Waals surface area contributed by atoms with E-state index in [1.165, 1.54) is 24.8 Å². The van der Waals surface area contributed by atoms with Gasteiger partial charge in [-0.25, -0.2) is 0 Å². The molecular formula is C29H34N2O2. The van der Waals surface area contributed by atoms with Crippen molar-refractivity contribution in [1.82, 2.24) is 4.90 Å². The molecule has 4 nitrogen and oxygen atoms in total. The van der Waals surface area contributed by atoms with Gasteiger partial charge in [0.05, 0.1) is 13.2 Å². The van der Waals surface area contributed by atoms with Crippen LogP contribution in [0.25, 0.3) is 0 Å². The summed E-state index contributed by atoms with van der Waals surface area (Å²) >= 11 is 0. The number of rotatable bonds is 8. The van der Waals surface area contributed by atoms with Gasteiger partial charge in [-0.3, -0.25) is 4.79 Å². The molecule has 4 heteroatoms. The highest BCUT2D eigenvalue weighted by atomic mass is 16.5. The lowest BCUT2D eigenvalue weighted by Gasteiger charge is -2.43. The molecule has 1 N–H and O–H groups in total. The van der Waals surface area contributed by atoms with Crippen LogP contribution in [0, 0.1) is 18.3 Å². The third-order valence-corrected chi connectivity index (χ3v) is 7.15. The number of hydrogen-bond donors (Lipinski definition) is 1. The van der Waals surface area contributed by atoms with E-state index >= 15 is 0 Å². The second-order valence-corrected chi connectivity index (χ2v) is 9.22. The fraction of sp³-hybridized carbons (Fsp3) is 0.414. The first kappa shape index (κ1) is 23.0. The number of ether oxygens (including phenoxy) is 1. The maximum Gasteiger partial charge on any atom is 0.299 e. The number of carbonyl (C=O) groups is 1. The summed E-state index contributed by atoms with van der Waals surface area (Å²) in [6, 6.07) is 14.4. The van der Waals surface area contributed by atoms with Crippen LogP contribution in [-0.4, -0.2) is 24.0 Å². The number of anilines is 1. The number of nitrogens with one attached hydrogen (secondary N) is 1. The van der Waals surface area contributed by atoms with E-state index in [1.807, 2.05) is 11.0 Å². The van der Waals surface area contributed by atoms with Gasteiger partial charge in [0.2, 0.25) is 0 Å². The first-order chi connectivity index (χ1) is 16.0. The summed E-state index contributed by atoms with van der Waals surface area (Å²) < 4.78 is 5.49. The molecule has 1 heterocycles. The van der Waals surface area contributed by atoms with Crippen LogP contribution in [0.5, 0.6) is 5.75 Å². The number of hydrogen-bond acceptors (Lipinski definition) is 3. The second-order valence-electron chi connectivity index (χ2n) is 9.22. The molecule has 0 aromatic heterocycles. The van der Waals surface area contributed by atoms with Gasteiger partial charge in [-0.15, -0.1) is 6.42 Å². The summed E-state index contributed by atoms with van der Waals surface area (Å²) in [7, 11) is 1.69. The van der Waals surface area contributed by atoms with Gasteiger partial charge in [-0.05, 0) is 78.5 Å². The third-order valence-electron chi connectivity index (χ3n) is 7.15. The van der Waals surface area contributed by atoms with Crippen LogP contribution in [0.4, 0.5) is 5.69 Å². The van der Waals surface area contributed by atoms with Crippen LogP contribution in [0.15, 0.2) is 54.7 Å². The molecule has 1 saturated carbocycles. The molecule has 2 aromatic carbocycles. The third kappa shape index (κ3) is 4.78. The lowest BCUT2D eigenvalue weighted by Crippen LogP contribution is -2.47. The maximum atomic E-state index is 13.0. The second kappa shape index (κ2) is 10.2. The number of unbranched alkanes of at least 4 members (excludes halogenated alkanes) is 1. The van der Waals surface area contributed by atoms with Crippen molar-refractivity contribution >= 4 is 11.6 Å². The predicted octanol–water partition coefficient (Wildman–Crippen LogP) is 6.09.